The molecule has 0 aromatic carbocycles. The van der Waals surface area contributed by atoms with Crippen LogP contribution < -0.4 is 16.8 Å². The second-order valence-corrected chi connectivity index (χ2v) is 21.3. The van der Waals surface area contributed by atoms with Crippen molar-refractivity contribution in [3.8, 4) is 0 Å². The number of aliphatic hydroxyl groups excluding tert-OH is 3. The number of ether oxygens (including phenoxy) is 5. The number of carbonyl (C=O) groups is 4. The van der Waals surface area contributed by atoms with Crippen molar-refractivity contribution in [2.24, 2.45) is 40.6 Å². The summed E-state index contributed by atoms with van der Waals surface area (Å²) < 4.78 is 51.1. The van der Waals surface area contributed by atoms with Gasteiger partial charge in [-0.2, -0.15) is 0 Å². The molecule has 66 heavy (non-hydrogen) atoms. The lowest BCUT2D eigenvalue weighted by Crippen LogP contribution is -2.71. The van der Waals surface area contributed by atoms with Gasteiger partial charge in [0.05, 0.1) is 13.2 Å². The Labute approximate surface area is 389 Å². The molecule has 11 N–H and O–H groups in total. The van der Waals surface area contributed by atoms with Crippen LogP contribution >= 0.6 is 7.82 Å². The summed E-state index contributed by atoms with van der Waals surface area (Å²) >= 11 is 0. The Bertz CT molecular complexity index is 1560. The van der Waals surface area contributed by atoms with Crippen LogP contribution in [-0.4, -0.2) is 141 Å². The molecule has 2 heterocycles. The summed E-state index contributed by atoms with van der Waals surface area (Å²) in [5.74, 6) is -1.27. The summed E-state index contributed by atoms with van der Waals surface area (Å²) in [4.78, 5) is 59.6. The van der Waals surface area contributed by atoms with E-state index >= 15 is 0 Å². The van der Waals surface area contributed by atoms with E-state index in [9.17, 15) is 54.2 Å². The fourth-order valence-electron chi connectivity index (χ4n) is 8.26. The molecule has 0 bridgehead atoms. The summed E-state index contributed by atoms with van der Waals surface area (Å²) in [5, 5.41) is 54.6. The standard InChI is InChI=1S/C44H82N3O18P/c1-25(2)13-12-15-26(3)16-17-28(5)18-21-43(7,8)20-11-10-14-27(4)19-22-59-31(39(53)54)24-60-66(57,58)65-41-35(36(64-42(46)55)44(9,56)37(63-41)38(45)52)62-40-32(47-29(6)49)34(51)33(50)30(23-48)61-40/h25-28,30-37,40-41,48,50-51,56H,10-24H2,1-9H3,(H2,45,52)(H2,46,55)(H,47,49)(H,53,54)(H,57,58)/t26?,27?,28?,30-,31-,32-,33-,34-,35-,36-,37-,40+,41-,44+/m1/s1. The minimum atomic E-state index is -5.49. The highest BCUT2D eigenvalue weighted by Crippen LogP contribution is 2.49. The van der Waals surface area contributed by atoms with Crippen LogP contribution in [0.25, 0.3) is 0 Å². The Hall–Kier alpha value is -2.53. The number of amides is 3. The SMILES string of the molecule is CC(=O)N[C@H]1[C@H](O[C@H]2[C@@H](OP(=O)(O)OC[C@@H](OCCC(C)CCCCC(C)(C)CCC(C)CCC(C)CCCC(C)C)C(=O)O)O[C@H](C(N)=O)[C@@](C)(O)[C@@H]2OC(N)=O)O[C@H](CO)[C@@H](O)[C@@H]1O. The smallest absolute Gasteiger partial charge is 0.474 e. The average Bonchev–Trinajstić information content (AvgIpc) is 3.20. The number of hydrogen-bond donors (Lipinski definition) is 9. The molecule has 2 aliphatic heterocycles. The van der Waals surface area contributed by atoms with Gasteiger partial charge in [0.15, 0.2) is 37.0 Å². The molecule has 2 aliphatic rings. The van der Waals surface area contributed by atoms with Crippen LogP contribution in [0.1, 0.15) is 139 Å². The van der Waals surface area contributed by atoms with Crippen LogP contribution in [-0.2, 0) is 51.7 Å². The minimum Gasteiger partial charge on any atom is -0.479 e. The lowest BCUT2D eigenvalue weighted by atomic mass is 9.79. The maximum absolute atomic E-state index is 13.4. The number of carboxylic acids is 1. The molecule has 15 atom stereocenters. The number of rotatable bonds is 31. The summed E-state index contributed by atoms with van der Waals surface area (Å²) in [6, 6.07) is -1.65. The predicted octanol–water partition coefficient (Wildman–Crippen LogP) is 3.62. The van der Waals surface area contributed by atoms with E-state index in [1.54, 1.807) is 0 Å². The predicted molar refractivity (Wildman–Crippen MR) is 239 cm³/mol. The van der Waals surface area contributed by atoms with Crippen molar-refractivity contribution in [3.05, 3.63) is 0 Å². The molecule has 2 saturated heterocycles. The zero-order valence-electron chi connectivity index (χ0n) is 40.4. The fourth-order valence-corrected chi connectivity index (χ4v) is 9.08. The van der Waals surface area contributed by atoms with Gasteiger partial charge in [0, 0.05) is 13.5 Å². The molecule has 2 rings (SSSR count). The molecule has 0 aromatic rings. The van der Waals surface area contributed by atoms with E-state index in [1.165, 1.54) is 44.9 Å². The van der Waals surface area contributed by atoms with E-state index in [-0.39, 0.29) is 17.9 Å². The quantitative estimate of drug-likeness (QED) is 0.0354. The molecule has 0 aliphatic carbocycles. The number of primary amides is 2. The molecular weight excluding hydrogens is 889 g/mol. The molecular formula is C44H82N3O18P. The number of nitrogens with two attached hydrogens (primary N) is 2. The number of carboxylic acid groups (broad SMARTS) is 1. The zero-order valence-corrected chi connectivity index (χ0v) is 41.3. The Kier molecular flexibility index (Phi) is 24.9. The monoisotopic (exact) mass is 972 g/mol. The number of unbranched alkanes of at least 4 members (excludes halogenated alkanes) is 1. The van der Waals surface area contributed by atoms with Crippen LogP contribution in [0, 0.1) is 29.1 Å². The molecule has 0 radical (unpaired) electrons. The lowest BCUT2D eigenvalue weighted by Gasteiger charge is -2.50. The van der Waals surface area contributed by atoms with Gasteiger partial charge in [0.25, 0.3) is 0 Å². The molecule has 3 amide bonds. The van der Waals surface area contributed by atoms with E-state index in [0.29, 0.717) is 12.3 Å². The van der Waals surface area contributed by atoms with E-state index in [4.69, 9.17) is 44.2 Å². The van der Waals surface area contributed by atoms with Gasteiger partial charge in [-0.1, -0.05) is 106 Å². The van der Waals surface area contributed by atoms with Crippen molar-refractivity contribution in [1.29, 1.82) is 0 Å². The first-order chi connectivity index (χ1) is 30.6. The number of nitrogens with one attached hydrogen (secondary N) is 1. The number of aliphatic carboxylic acids is 1. The third-order valence-corrected chi connectivity index (χ3v) is 13.5. The number of carbonyl (C=O) groups excluding carboxylic acids is 3. The van der Waals surface area contributed by atoms with E-state index in [2.05, 4.69) is 46.9 Å². The third-order valence-electron chi connectivity index (χ3n) is 12.6. The van der Waals surface area contributed by atoms with Crippen molar-refractivity contribution in [2.75, 3.05) is 19.8 Å². The average molecular weight is 972 g/mol. The first-order valence-corrected chi connectivity index (χ1v) is 24.8. The summed E-state index contributed by atoms with van der Waals surface area (Å²) in [6.45, 7) is 16.0. The number of aliphatic hydroxyl groups is 4. The maximum Gasteiger partial charge on any atom is 0.474 e. The number of hydrogen-bond acceptors (Lipinski definition) is 16. The highest BCUT2D eigenvalue weighted by molar-refractivity contribution is 7.47. The van der Waals surface area contributed by atoms with Gasteiger partial charge in [-0.3, -0.25) is 18.6 Å². The Morgan fingerprint density at radius 1 is 0.848 bits per heavy atom. The van der Waals surface area contributed by atoms with Crippen molar-refractivity contribution >= 4 is 31.7 Å². The normalized spacial score (nSPS) is 29.9. The topological polar surface area (TPSA) is 335 Å². The molecule has 4 unspecified atom stereocenters. The van der Waals surface area contributed by atoms with Gasteiger partial charge in [0.2, 0.25) is 11.8 Å². The van der Waals surface area contributed by atoms with Crippen molar-refractivity contribution in [2.45, 2.75) is 206 Å². The zero-order chi connectivity index (χ0) is 50.2. The molecule has 0 aromatic heterocycles. The first kappa shape index (κ1) is 59.6. The number of phosphoric acid groups is 1. The van der Waals surface area contributed by atoms with Gasteiger partial charge in [0.1, 0.15) is 30.0 Å². The van der Waals surface area contributed by atoms with E-state index < -0.39 is 112 Å². The van der Waals surface area contributed by atoms with Crippen molar-refractivity contribution in [1.82, 2.24) is 5.32 Å². The molecule has 386 valence electrons. The van der Waals surface area contributed by atoms with Gasteiger partial charge < -0.3 is 70.9 Å². The molecule has 2 fully saturated rings. The van der Waals surface area contributed by atoms with Crippen LogP contribution in [0.3, 0.4) is 0 Å². The van der Waals surface area contributed by atoms with Crippen LogP contribution in [0.15, 0.2) is 0 Å². The van der Waals surface area contributed by atoms with Gasteiger partial charge >= 0.3 is 19.9 Å². The van der Waals surface area contributed by atoms with Crippen LogP contribution in [0.5, 0.6) is 0 Å². The second kappa shape index (κ2) is 27.6. The Morgan fingerprint density at radius 2 is 1.45 bits per heavy atom. The van der Waals surface area contributed by atoms with Gasteiger partial charge in [-0.15, -0.1) is 0 Å². The second-order valence-electron chi connectivity index (χ2n) is 19.9. The molecule has 0 spiro atoms. The summed E-state index contributed by atoms with van der Waals surface area (Å²) in [6.07, 6.45) is -5.93. The maximum atomic E-state index is 13.4. The molecule has 22 heteroatoms. The van der Waals surface area contributed by atoms with Gasteiger partial charge in [-0.05, 0) is 55.3 Å². The fraction of sp³-hybridized carbons (Fsp3) is 0.909. The van der Waals surface area contributed by atoms with Crippen LogP contribution in [0.4, 0.5) is 4.79 Å². The largest absolute Gasteiger partial charge is 0.479 e. The minimum absolute atomic E-state index is 0.0206. The van der Waals surface area contributed by atoms with Crippen molar-refractivity contribution in [3.63, 3.8) is 0 Å². The number of phosphoric ester groups is 1. The Morgan fingerprint density at radius 3 is 2.02 bits per heavy atom. The van der Waals surface area contributed by atoms with Crippen molar-refractivity contribution < 1.29 is 86.9 Å². The van der Waals surface area contributed by atoms with Crippen LogP contribution in [0.2, 0.25) is 0 Å². The van der Waals surface area contributed by atoms with Gasteiger partial charge in [-0.25, -0.2) is 14.2 Å². The summed E-state index contributed by atoms with van der Waals surface area (Å²) in [7, 11) is -5.49. The van der Waals surface area contributed by atoms with E-state index in [1.807, 2.05) is 6.92 Å². The third kappa shape index (κ3) is 20.2. The highest BCUT2D eigenvalue weighted by atomic mass is 31.2. The first-order valence-electron chi connectivity index (χ1n) is 23.3. The Balaban J connectivity index is 2.02. The highest BCUT2D eigenvalue weighted by Gasteiger charge is 2.61. The molecule has 21 nitrogen and oxygen atoms in total. The van der Waals surface area contributed by atoms with E-state index in [0.717, 1.165) is 51.4 Å². The molecule has 0 saturated carbocycles. The lowest BCUT2D eigenvalue weighted by molar-refractivity contribution is -0.352. The summed E-state index contributed by atoms with van der Waals surface area (Å²) in [5.41, 5.74) is 8.30.